The summed E-state index contributed by atoms with van der Waals surface area (Å²) in [6.45, 7) is 0. The Morgan fingerprint density at radius 1 is 1.20 bits per heavy atom. The Hall–Kier alpha value is -1.11. The second kappa shape index (κ2) is 6.56. The first-order chi connectivity index (χ1) is 9.51. The summed E-state index contributed by atoms with van der Waals surface area (Å²) in [4.78, 5) is 10.6. The van der Waals surface area contributed by atoms with Crippen LogP contribution in [0, 0.1) is 10.1 Å². The number of rotatable bonds is 4. The minimum Gasteiger partial charge on any atom is -0.450 e. The van der Waals surface area contributed by atoms with Crippen molar-refractivity contribution in [3.63, 3.8) is 0 Å². The van der Waals surface area contributed by atoms with Gasteiger partial charge in [0.25, 0.3) is 0 Å². The van der Waals surface area contributed by atoms with Gasteiger partial charge in [0, 0.05) is 26.5 Å². The van der Waals surface area contributed by atoms with Gasteiger partial charge >= 0.3 is 5.69 Å². The van der Waals surface area contributed by atoms with Crippen LogP contribution in [0.25, 0.3) is 0 Å². The first kappa shape index (κ1) is 15.3. The summed E-state index contributed by atoms with van der Waals surface area (Å²) >= 11 is 12.4. The smallest absolute Gasteiger partial charge is 0.312 e. The van der Waals surface area contributed by atoms with E-state index in [2.05, 4.69) is 31.9 Å². The van der Waals surface area contributed by atoms with Gasteiger partial charge in [-0.05, 0) is 30.3 Å². The summed E-state index contributed by atoms with van der Waals surface area (Å²) in [6.07, 6.45) is 0. The maximum absolute atomic E-state index is 11.0. The Morgan fingerprint density at radius 3 is 2.55 bits per heavy atom. The standard InChI is InChI=1S/C13H8Br2ClNO3/c14-7-8-5-10(16)2-4-12(8)20-13-3-1-9(15)6-11(13)17(18)19/h1-6H,7H2. The van der Waals surface area contributed by atoms with Gasteiger partial charge in [0.2, 0.25) is 5.75 Å². The second-order valence-corrected chi connectivity index (χ2v) is 5.77. The normalized spacial score (nSPS) is 10.3. The fourth-order valence-electron chi connectivity index (χ4n) is 1.59. The van der Waals surface area contributed by atoms with E-state index in [1.807, 2.05) is 0 Å². The molecule has 0 atom stereocenters. The molecule has 0 amide bonds. The Kier molecular flexibility index (Phi) is 5.01. The highest BCUT2D eigenvalue weighted by molar-refractivity contribution is 9.10. The van der Waals surface area contributed by atoms with Crippen molar-refractivity contribution in [3.05, 3.63) is 61.6 Å². The molecule has 0 saturated heterocycles. The number of nitro benzene ring substituents is 1. The highest BCUT2D eigenvalue weighted by atomic mass is 79.9. The average Bonchev–Trinajstić information content (AvgIpc) is 2.42. The second-order valence-electron chi connectivity index (χ2n) is 3.86. The fraction of sp³-hybridized carbons (Fsp3) is 0.0769. The van der Waals surface area contributed by atoms with Crippen LogP contribution in [0.15, 0.2) is 40.9 Å². The molecular weight excluding hydrogens is 413 g/mol. The molecule has 7 heteroatoms. The number of hydrogen-bond donors (Lipinski definition) is 0. The minimum atomic E-state index is -0.482. The lowest BCUT2D eigenvalue weighted by Gasteiger charge is -2.10. The van der Waals surface area contributed by atoms with Crippen molar-refractivity contribution in [1.82, 2.24) is 0 Å². The molecule has 2 aromatic carbocycles. The lowest BCUT2D eigenvalue weighted by molar-refractivity contribution is -0.385. The summed E-state index contributed by atoms with van der Waals surface area (Å²) in [7, 11) is 0. The van der Waals surface area contributed by atoms with E-state index in [9.17, 15) is 10.1 Å². The van der Waals surface area contributed by atoms with Gasteiger partial charge in [0.1, 0.15) is 5.75 Å². The Balaban J connectivity index is 2.42. The van der Waals surface area contributed by atoms with Gasteiger partial charge < -0.3 is 4.74 Å². The van der Waals surface area contributed by atoms with Gasteiger partial charge in [0.05, 0.1) is 4.92 Å². The molecule has 0 aliphatic carbocycles. The quantitative estimate of drug-likeness (QED) is 0.362. The number of benzene rings is 2. The molecule has 4 nitrogen and oxygen atoms in total. The molecule has 0 fully saturated rings. The van der Waals surface area contributed by atoms with Crippen LogP contribution in [0.1, 0.15) is 5.56 Å². The zero-order chi connectivity index (χ0) is 14.7. The van der Waals surface area contributed by atoms with Crippen molar-refractivity contribution in [2.75, 3.05) is 0 Å². The Labute approximate surface area is 137 Å². The van der Waals surface area contributed by atoms with E-state index in [-0.39, 0.29) is 11.4 Å². The van der Waals surface area contributed by atoms with Crippen LogP contribution in [0.3, 0.4) is 0 Å². The van der Waals surface area contributed by atoms with E-state index in [0.717, 1.165) is 5.56 Å². The van der Waals surface area contributed by atoms with E-state index in [1.54, 1.807) is 30.3 Å². The van der Waals surface area contributed by atoms with Crippen LogP contribution in [-0.2, 0) is 5.33 Å². The molecule has 2 aromatic rings. The van der Waals surface area contributed by atoms with Crippen molar-refractivity contribution in [2.24, 2.45) is 0 Å². The third-order valence-electron chi connectivity index (χ3n) is 2.50. The fourth-order valence-corrected chi connectivity index (χ4v) is 2.57. The lowest BCUT2D eigenvalue weighted by Crippen LogP contribution is -1.95. The van der Waals surface area contributed by atoms with Crippen LogP contribution in [-0.4, -0.2) is 4.92 Å². The first-order valence-corrected chi connectivity index (χ1v) is 7.76. The molecule has 0 radical (unpaired) electrons. The Bertz CT molecular complexity index is 664. The van der Waals surface area contributed by atoms with Crippen molar-refractivity contribution in [1.29, 1.82) is 0 Å². The third-order valence-corrected chi connectivity index (χ3v) is 3.84. The minimum absolute atomic E-state index is 0.102. The zero-order valence-electron chi connectivity index (χ0n) is 9.98. The highest BCUT2D eigenvalue weighted by Crippen LogP contribution is 2.36. The zero-order valence-corrected chi connectivity index (χ0v) is 13.9. The molecule has 0 bridgehead atoms. The molecule has 0 spiro atoms. The average molecular weight is 421 g/mol. The van der Waals surface area contributed by atoms with Gasteiger partial charge in [-0.25, -0.2) is 0 Å². The van der Waals surface area contributed by atoms with E-state index in [1.165, 1.54) is 6.07 Å². The largest absolute Gasteiger partial charge is 0.450 e. The van der Waals surface area contributed by atoms with Crippen molar-refractivity contribution < 1.29 is 9.66 Å². The summed E-state index contributed by atoms with van der Waals surface area (Å²) in [5.41, 5.74) is 0.713. The molecule has 104 valence electrons. The summed E-state index contributed by atoms with van der Waals surface area (Å²) < 4.78 is 6.27. The van der Waals surface area contributed by atoms with Crippen molar-refractivity contribution >= 4 is 49.1 Å². The van der Waals surface area contributed by atoms with Crippen LogP contribution < -0.4 is 4.74 Å². The molecule has 0 aromatic heterocycles. The molecule has 0 aliphatic heterocycles. The number of nitro groups is 1. The van der Waals surface area contributed by atoms with Gasteiger partial charge in [0.15, 0.2) is 0 Å². The van der Waals surface area contributed by atoms with Gasteiger partial charge in [-0.15, -0.1) is 0 Å². The predicted molar refractivity (Wildman–Crippen MR) is 85.0 cm³/mol. The van der Waals surface area contributed by atoms with Crippen molar-refractivity contribution in [3.8, 4) is 11.5 Å². The topological polar surface area (TPSA) is 52.4 Å². The monoisotopic (exact) mass is 419 g/mol. The van der Waals surface area contributed by atoms with Crippen LogP contribution in [0.4, 0.5) is 5.69 Å². The van der Waals surface area contributed by atoms with Crippen molar-refractivity contribution in [2.45, 2.75) is 5.33 Å². The number of alkyl halides is 1. The van der Waals surface area contributed by atoms with E-state index >= 15 is 0 Å². The summed E-state index contributed by atoms with van der Waals surface area (Å²) in [5, 5.41) is 12.2. The Morgan fingerprint density at radius 2 is 1.90 bits per heavy atom. The molecule has 2 rings (SSSR count). The number of halogens is 3. The van der Waals surface area contributed by atoms with Crippen LogP contribution in [0.5, 0.6) is 11.5 Å². The maximum Gasteiger partial charge on any atom is 0.312 e. The molecule has 0 heterocycles. The van der Waals surface area contributed by atoms with Gasteiger partial charge in [-0.3, -0.25) is 10.1 Å². The lowest BCUT2D eigenvalue weighted by atomic mass is 10.2. The molecular formula is C13H8Br2ClNO3. The number of nitrogens with zero attached hydrogens (tertiary/aromatic N) is 1. The highest BCUT2D eigenvalue weighted by Gasteiger charge is 2.17. The van der Waals surface area contributed by atoms with Crippen LogP contribution >= 0.6 is 43.5 Å². The number of hydrogen-bond acceptors (Lipinski definition) is 3. The maximum atomic E-state index is 11.0. The van der Waals surface area contributed by atoms with E-state index in [4.69, 9.17) is 16.3 Å². The molecule has 0 aliphatic rings. The summed E-state index contributed by atoms with van der Waals surface area (Å²) in [6, 6.07) is 9.74. The summed E-state index contributed by atoms with van der Waals surface area (Å²) in [5.74, 6) is 0.708. The van der Waals surface area contributed by atoms with Gasteiger partial charge in [-0.1, -0.05) is 43.5 Å². The van der Waals surface area contributed by atoms with E-state index in [0.29, 0.717) is 20.6 Å². The molecule has 20 heavy (non-hydrogen) atoms. The number of ether oxygens (including phenoxy) is 1. The van der Waals surface area contributed by atoms with E-state index < -0.39 is 4.92 Å². The third kappa shape index (κ3) is 3.50. The molecule has 0 saturated carbocycles. The predicted octanol–water partition coefficient (Wildman–Crippen LogP) is 5.70. The molecule has 0 N–H and O–H groups in total. The van der Waals surface area contributed by atoms with Gasteiger partial charge in [-0.2, -0.15) is 0 Å². The van der Waals surface area contributed by atoms with Crippen LogP contribution in [0.2, 0.25) is 5.02 Å². The SMILES string of the molecule is O=[N+]([O-])c1cc(Br)ccc1Oc1ccc(Cl)cc1CBr. The first-order valence-electron chi connectivity index (χ1n) is 5.47. The molecule has 0 unspecified atom stereocenters.